The second kappa shape index (κ2) is 12.5. The number of aliphatic imine (C=N–C) groups is 1. The van der Waals surface area contributed by atoms with Crippen molar-refractivity contribution in [2.45, 2.75) is 46.3 Å². The van der Waals surface area contributed by atoms with E-state index in [0.717, 1.165) is 36.5 Å². The highest BCUT2D eigenvalue weighted by molar-refractivity contribution is 14.0. The molecule has 1 aromatic carbocycles. The van der Waals surface area contributed by atoms with E-state index < -0.39 is 11.7 Å². The summed E-state index contributed by atoms with van der Waals surface area (Å²) >= 11 is 0. The van der Waals surface area contributed by atoms with Gasteiger partial charge >= 0.3 is 6.09 Å². The highest BCUT2D eigenvalue weighted by Gasteiger charge is 2.15. The van der Waals surface area contributed by atoms with Crippen LogP contribution in [0.4, 0.5) is 4.79 Å². The highest BCUT2D eigenvalue weighted by Crippen LogP contribution is 2.12. The van der Waals surface area contributed by atoms with Crippen LogP contribution in [0.3, 0.4) is 0 Å². The van der Waals surface area contributed by atoms with Gasteiger partial charge < -0.3 is 25.3 Å². The number of amides is 1. The van der Waals surface area contributed by atoms with Gasteiger partial charge in [0.1, 0.15) is 5.60 Å². The van der Waals surface area contributed by atoms with E-state index in [-0.39, 0.29) is 24.0 Å². The van der Waals surface area contributed by atoms with E-state index in [0.29, 0.717) is 19.6 Å². The molecule has 1 amide bonds. The van der Waals surface area contributed by atoms with Gasteiger partial charge in [-0.05, 0) is 46.2 Å². The first kappa shape index (κ1) is 25.0. The Bertz CT molecular complexity index is 785. The summed E-state index contributed by atoms with van der Waals surface area (Å²) in [5.41, 5.74) is 1.66. The molecule has 0 aliphatic rings. The molecule has 0 aliphatic heterocycles. The highest BCUT2D eigenvalue weighted by atomic mass is 127. The molecule has 0 saturated heterocycles. The van der Waals surface area contributed by atoms with Crippen LogP contribution >= 0.6 is 24.0 Å². The third-order valence-electron chi connectivity index (χ3n) is 3.78. The van der Waals surface area contributed by atoms with Gasteiger partial charge in [0.05, 0.1) is 17.4 Å². The molecule has 0 radical (unpaired) electrons. The first-order valence-corrected chi connectivity index (χ1v) is 9.78. The van der Waals surface area contributed by atoms with Crippen LogP contribution in [0.2, 0.25) is 0 Å². The number of alkyl carbamates (subject to hydrolysis) is 1. The fourth-order valence-corrected chi connectivity index (χ4v) is 2.62. The quantitative estimate of drug-likeness (QED) is 0.217. The van der Waals surface area contributed by atoms with E-state index in [4.69, 9.17) is 4.74 Å². The van der Waals surface area contributed by atoms with E-state index in [1.54, 1.807) is 0 Å². The monoisotopic (exact) mass is 516 g/mol. The maximum atomic E-state index is 11.6. The third-order valence-corrected chi connectivity index (χ3v) is 3.78. The number of imidazole rings is 1. The lowest BCUT2D eigenvalue weighted by Crippen LogP contribution is -2.42. The van der Waals surface area contributed by atoms with Crippen molar-refractivity contribution in [3.05, 3.63) is 30.6 Å². The zero-order chi connectivity index (χ0) is 20.4. The number of ether oxygens (including phenoxy) is 1. The molecule has 0 spiro atoms. The van der Waals surface area contributed by atoms with Crippen molar-refractivity contribution in [3.63, 3.8) is 0 Å². The van der Waals surface area contributed by atoms with Crippen LogP contribution in [-0.2, 0) is 11.3 Å². The molecule has 1 aromatic heterocycles. The number of aromatic nitrogens is 2. The number of hydrogen-bond acceptors (Lipinski definition) is 4. The van der Waals surface area contributed by atoms with Gasteiger partial charge in [-0.3, -0.25) is 4.99 Å². The molecule has 29 heavy (non-hydrogen) atoms. The van der Waals surface area contributed by atoms with Gasteiger partial charge in [-0.2, -0.15) is 0 Å². The van der Waals surface area contributed by atoms with Crippen molar-refractivity contribution < 1.29 is 9.53 Å². The summed E-state index contributed by atoms with van der Waals surface area (Å²) < 4.78 is 7.36. The summed E-state index contributed by atoms with van der Waals surface area (Å²) in [7, 11) is 0. The Balaban J connectivity index is 0.00000420. The van der Waals surface area contributed by atoms with Crippen LogP contribution < -0.4 is 16.0 Å². The third kappa shape index (κ3) is 9.33. The van der Waals surface area contributed by atoms with Crippen LogP contribution in [-0.4, -0.2) is 53.4 Å². The maximum absolute atomic E-state index is 11.6. The number of aryl methyl sites for hydroxylation is 1. The number of halogens is 1. The molecule has 2 rings (SSSR count). The Morgan fingerprint density at radius 1 is 1.17 bits per heavy atom. The molecule has 8 nitrogen and oxygen atoms in total. The van der Waals surface area contributed by atoms with E-state index in [9.17, 15) is 4.79 Å². The molecule has 162 valence electrons. The minimum atomic E-state index is -0.492. The van der Waals surface area contributed by atoms with Crippen molar-refractivity contribution in [2.75, 3.05) is 26.2 Å². The van der Waals surface area contributed by atoms with E-state index in [1.165, 1.54) is 0 Å². The van der Waals surface area contributed by atoms with Crippen molar-refractivity contribution >= 4 is 47.1 Å². The van der Waals surface area contributed by atoms with Gasteiger partial charge in [0.25, 0.3) is 0 Å². The van der Waals surface area contributed by atoms with Gasteiger partial charge in [0, 0.05) is 32.7 Å². The number of rotatable bonds is 8. The molecule has 3 N–H and O–H groups in total. The number of carbonyl (C=O) groups excluding carboxylic acids is 1. The summed E-state index contributed by atoms with van der Waals surface area (Å²) in [5, 5.41) is 9.14. The number of nitrogens with zero attached hydrogens (tertiary/aromatic N) is 3. The summed E-state index contributed by atoms with van der Waals surface area (Å²) in [5.74, 6) is 0.740. The Morgan fingerprint density at radius 3 is 2.62 bits per heavy atom. The first-order valence-electron chi connectivity index (χ1n) is 9.78. The van der Waals surface area contributed by atoms with Crippen molar-refractivity contribution in [2.24, 2.45) is 4.99 Å². The number of fused-ring (bicyclic) bond motifs is 1. The van der Waals surface area contributed by atoms with Gasteiger partial charge in [0.2, 0.25) is 0 Å². The minimum Gasteiger partial charge on any atom is -0.444 e. The van der Waals surface area contributed by atoms with Gasteiger partial charge in [-0.15, -0.1) is 24.0 Å². The number of benzene rings is 1. The van der Waals surface area contributed by atoms with Gasteiger partial charge in [-0.1, -0.05) is 12.1 Å². The molecule has 9 heteroatoms. The molecule has 0 saturated carbocycles. The Kier molecular flexibility index (Phi) is 10.8. The normalized spacial score (nSPS) is 11.7. The van der Waals surface area contributed by atoms with E-state index >= 15 is 0 Å². The smallest absolute Gasteiger partial charge is 0.407 e. The van der Waals surface area contributed by atoms with Crippen LogP contribution in [0.1, 0.15) is 34.1 Å². The largest absolute Gasteiger partial charge is 0.444 e. The molecule has 0 aliphatic carbocycles. The molecule has 1 heterocycles. The summed E-state index contributed by atoms with van der Waals surface area (Å²) in [6.45, 7) is 10.9. The van der Waals surface area contributed by atoms with Crippen molar-refractivity contribution in [1.29, 1.82) is 0 Å². The fourth-order valence-electron chi connectivity index (χ4n) is 2.62. The molecule has 0 bridgehead atoms. The van der Waals surface area contributed by atoms with Crippen LogP contribution in [0.5, 0.6) is 0 Å². The summed E-state index contributed by atoms with van der Waals surface area (Å²) in [6, 6.07) is 8.12. The van der Waals surface area contributed by atoms with E-state index in [2.05, 4.69) is 36.6 Å². The second-order valence-corrected chi connectivity index (χ2v) is 7.40. The predicted molar refractivity (Wildman–Crippen MR) is 128 cm³/mol. The number of nitrogens with one attached hydrogen (secondary N) is 3. The molecular weight excluding hydrogens is 483 g/mol. The molecule has 0 atom stereocenters. The van der Waals surface area contributed by atoms with Crippen molar-refractivity contribution in [1.82, 2.24) is 25.5 Å². The number of hydrogen-bond donors (Lipinski definition) is 3. The van der Waals surface area contributed by atoms with Crippen molar-refractivity contribution in [3.8, 4) is 0 Å². The summed E-state index contributed by atoms with van der Waals surface area (Å²) in [6.07, 6.45) is 2.37. The summed E-state index contributed by atoms with van der Waals surface area (Å²) in [4.78, 5) is 20.6. The lowest BCUT2D eigenvalue weighted by Gasteiger charge is -2.19. The predicted octanol–water partition coefficient (Wildman–Crippen LogP) is 3.12. The number of para-hydroxylation sites is 2. The Morgan fingerprint density at radius 2 is 1.90 bits per heavy atom. The minimum absolute atomic E-state index is 0. The molecule has 0 fully saturated rings. The standard InChI is InChI=1S/C20H32N6O2.HI/c1-5-21-18(23-12-13-24-19(27)28-20(2,3)4)22-11-8-14-26-15-25-16-9-6-7-10-17(16)26;/h6-7,9-10,15H,5,8,11-14H2,1-4H3,(H,24,27)(H2,21,22,23);1H. The Hall–Kier alpha value is -2.04. The Labute approximate surface area is 189 Å². The molecule has 2 aromatic rings. The first-order chi connectivity index (χ1) is 13.4. The van der Waals surface area contributed by atoms with E-state index in [1.807, 2.05) is 52.2 Å². The zero-order valence-corrected chi connectivity index (χ0v) is 20.0. The second-order valence-electron chi connectivity index (χ2n) is 7.40. The molecular formula is C20H33IN6O2. The molecule has 0 unspecified atom stereocenters. The topological polar surface area (TPSA) is 92.6 Å². The maximum Gasteiger partial charge on any atom is 0.407 e. The average molecular weight is 516 g/mol. The van der Waals surface area contributed by atoms with Gasteiger partial charge in [-0.25, -0.2) is 9.78 Å². The SMILES string of the molecule is CCNC(=NCCCn1cnc2ccccc21)NCCNC(=O)OC(C)(C)C.I. The van der Waals surface area contributed by atoms with Gasteiger partial charge in [0.15, 0.2) is 5.96 Å². The fraction of sp³-hybridized carbons (Fsp3) is 0.550. The lowest BCUT2D eigenvalue weighted by molar-refractivity contribution is 0.0529. The van der Waals surface area contributed by atoms with Crippen LogP contribution in [0, 0.1) is 0 Å². The zero-order valence-electron chi connectivity index (χ0n) is 17.7. The lowest BCUT2D eigenvalue weighted by atomic mass is 10.2. The average Bonchev–Trinajstić information content (AvgIpc) is 3.04. The number of guanidine groups is 1. The van der Waals surface area contributed by atoms with Crippen LogP contribution in [0.15, 0.2) is 35.6 Å². The number of carbonyl (C=O) groups is 1. The van der Waals surface area contributed by atoms with Crippen LogP contribution in [0.25, 0.3) is 11.0 Å².